The van der Waals surface area contributed by atoms with Crippen LogP contribution in [0.3, 0.4) is 0 Å². The van der Waals surface area contributed by atoms with Gasteiger partial charge in [0, 0.05) is 18.2 Å². The Morgan fingerprint density at radius 2 is 2.15 bits per heavy atom. The monoisotopic (exact) mass is 278 g/mol. The van der Waals surface area contributed by atoms with Crippen molar-refractivity contribution < 1.29 is 15.0 Å². The summed E-state index contributed by atoms with van der Waals surface area (Å²) in [5.74, 6) is -0.504. The van der Waals surface area contributed by atoms with E-state index in [1.54, 1.807) is 0 Å². The molecule has 1 aliphatic heterocycles. The van der Waals surface area contributed by atoms with Gasteiger partial charge < -0.3 is 15.1 Å². The number of ketones is 1. The molecule has 0 bridgehead atoms. The van der Waals surface area contributed by atoms with Crippen molar-refractivity contribution in [2.75, 3.05) is 33.7 Å². The Labute approximate surface area is 119 Å². The lowest BCUT2D eigenvalue weighted by atomic mass is 10.0. The maximum atomic E-state index is 12.2. The molecule has 20 heavy (non-hydrogen) atoms. The van der Waals surface area contributed by atoms with Crippen LogP contribution in [0.1, 0.15) is 23.2 Å². The number of piperidine rings is 1. The number of phenolic OH excluding ortho intramolecular Hbond substituents is 2. The zero-order chi connectivity index (χ0) is 14.7. The van der Waals surface area contributed by atoms with Crippen LogP contribution in [0.25, 0.3) is 0 Å². The molecule has 2 rings (SSSR count). The number of likely N-dealkylation sites (N-methyl/N-ethyl adjacent to an activating group) is 2. The van der Waals surface area contributed by atoms with E-state index in [0.717, 1.165) is 25.9 Å². The zero-order valence-corrected chi connectivity index (χ0v) is 12.0. The van der Waals surface area contributed by atoms with Gasteiger partial charge in [-0.2, -0.15) is 0 Å². The van der Waals surface area contributed by atoms with Crippen molar-refractivity contribution >= 4 is 5.78 Å². The number of likely N-dealkylation sites (tertiary alicyclic amines) is 1. The number of carbonyl (C=O) groups is 1. The Morgan fingerprint density at radius 3 is 2.80 bits per heavy atom. The van der Waals surface area contributed by atoms with Crippen LogP contribution >= 0.6 is 0 Å². The number of hydrogen-bond acceptors (Lipinski definition) is 5. The van der Waals surface area contributed by atoms with Crippen molar-refractivity contribution in [1.82, 2.24) is 9.80 Å². The third-order valence-electron chi connectivity index (χ3n) is 3.91. The number of nitrogens with zero attached hydrogens (tertiary/aromatic N) is 2. The maximum Gasteiger partial charge on any atom is 0.176 e. The van der Waals surface area contributed by atoms with E-state index in [9.17, 15) is 15.0 Å². The third-order valence-corrected chi connectivity index (χ3v) is 3.91. The highest BCUT2D eigenvalue weighted by Crippen LogP contribution is 2.25. The van der Waals surface area contributed by atoms with Crippen LogP contribution < -0.4 is 0 Å². The van der Waals surface area contributed by atoms with E-state index in [0.29, 0.717) is 18.2 Å². The first-order valence-electron chi connectivity index (χ1n) is 6.91. The van der Waals surface area contributed by atoms with E-state index in [1.807, 2.05) is 7.05 Å². The van der Waals surface area contributed by atoms with E-state index in [2.05, 4.69) is 16.8 Å². The van der Waals surface area contributed by atoms with Crippen LogP contribution in [0, 0.1) is 0 Å². The lowest BCUT2D eigenvalue weighted by Gasteiger charge is -2.35. The van der Waals surface area contributed by atoms with Gasteiger partial charge >= 0.3 is 0 Å². The molecule has 1 fully saturated rings. The highest BCUT2D eigenvalue weighted by molar-refractivity contribution is 5.98. The standard InChI is InChI=1S/C15H22N2O3/c1-16-7-3-4-12(9-16)17(2)10-15(20)11-5-6-13(18)14(19)8-11/h5-6,8,12,18-19H,3-4,7,9-10H2,1-2H3. The Morgan fingerprint density at radius 1 is 1.40 bits per heavy atom. The first-order valence-corrected chi connectivity index (χ1v) is 6.91. The van der Waals surface area contributed by atoms with Gasteiger partial charge in [0.1, 0.15) is 0 Å². The van der Waals surface area contributed by atoms with Gasteiger partial charge in [-0.25, -0.2) is 0 Å². The molecule has 5 nitrogen and oxygen atoms in total. The van der Waals surface area contributed by atoms with Crippen LogP contribution in [-0.4, -0.2) is 65.6 Å². The van der Waals surface area contributed by atoms with E-state index in [-0.39, 0.29) is 17.3 Å². The molecule has 1 atom stereocenters. The number of benzene rings is 1. The number of phenols is 2. The molecule has 0 spiro atoms. The van der Waals surface area contributed by atoms with Crippen molar-refractivity contribution in [3.05, 3.63) is 23.8 Å². The SMILES string of the molecule is CN1CCCC(N(C)CC(=O)c2ccc(O)c(O)c2)C1. The summed E-state index contributed by atoms with van der Waals surface area (Å²) in [4.78, 5) is 16.5. The molecule has 5 heteroatoms. The summed E-state index contributed by atoms with van der Waals surface area (Å²) >= 11 is 0. The average molecular weight is 278 g/mol. The maximum absolute atomic E-state index is 12.2. The van der Waals surface area contributed by atoms with E-state index >= 15 is 0 Å². The molecule has 0 radical (unpaired) electrons. The molecule has 1 aliphatic rings. The van der Waals surface area contributed by atoms with Gasteiger partial charge in [-0.15, -0.1) is 0 Å². The smallest absolute Gasteiger partial charge is 0.176 e. The first kappa shape index (κ1) is 14.8. The fraction of sp³-hybridized carbons (Fsp3) is 0.533. The highest BCUT2D eigenvalue weighted by Gasteiger charge is 2.23. The van der Waals surface area contributed by atoms with E-state index in [1.165, 1.54) is 18.2 Å². The average Bonchev–Trinajstić information content (AvgIpc) is 2.41. The Bertz CT molecular complexity index is 490. The highest BCUT2D eigenvalue weighted by atomic mass is 16.3. The second-order valence-electron chi connectivity index (χ2n) is 5.60. The number of hydrogen-bond donors (Lipinski definition) is 2. The summed E-state index contributed by atoms with van der Waals surface area (Å²) < 4.78 is 0. The molecule has 0 aliphatic carbocycles. The molecule has 0 saturated carbocycles. The van der Waals surface area contributed by atoms with Gasteiger partial charge in [-0.1, -0.05) is 0 Å². The largest absolute Gasteiger partial charge is 0.504 e. The zero-order valence-electron chi connectivity index (χ0n) is 12.0. The molecule has 0 amide bonds. The normalized spacial score (nSPS) is 20.2. The fourth-order valence-electron chi connectivity index (χ4n) is 2.64. The molecule has 2 N–H and O–H groups in total. The summed E-state index contributed by atoms with van der Waals surface area (Å²) in [6.45, 7) is 2.41. The van der Waals surface area contributed by atoms with Crippen molar-refractivity contribution in [2.45, 2.75) is 18.9 Å². The van der Waals surface area contributed by atoms with Crippen molar-refractivity contribution in [3.8, 4) is 11.5 Å². The van der Waals surface area contributed by atoms with Crippen LogP contribution in [0.2, 0.25) is 0 Å². The molecule has 1 saturated heterocycles. The topological polar surface area (TPSA) is 64.0 Å². The van der Waals surface area contributed by atoms with Gasteiger partial charge in [0.2, 0.25) is 0 Å². The van der Waals surface area contributed by atoms with Gasteiger partial charge in [0.05, 0.1) is 6.54 Å². The van der Waals surface area contributed by atoms with Gasteiger partial charge in [-0.3, -0.25) is 9.69 Å². The lowest BCUT2D eigenvalue weighted by Crippen LogP contribution is -2.46. The third kappa shape index (κ3) is 3.49. The molecular formula is C15H22N2O3. The Hall–Kier alpha value is -1.59. The molecule has 110 valence electrons. The summed E-state index contributed by atoms with van der Waals surface area (Å²) in [5, 5.41) is 18.7. The van der Waals surface area contributed by atoms with Crippen molar-refractivity contribution in [1.29, 1.82) is 0 Å². The predicted molar refractivity (Wildman–Crippen MR) is 77.3 cm³/mol. The van der Waals surface area contributed by atoms with Crippen molar-refractivity contribution in [2.24, 2.45) is 0 Å². The number of aromatic hydroxyl groups is 2. The predicted octanol–water partition coefficient (Wildman–Crippen LogP) is 1.31. The van der Waals surface area contributed by atoms with Crippen molar-refractivity contribution in [3.63, 3.8) is 0 Å². The molecule has 0 aromatic heterocycles. The van der Waals surface area contributed by atoms with Gasteiger partial charge in [0.15, 0.2) is 17.3 Å². The lowest BCUT2D eigenvalue weighted by molar-refractivity contribution is 0.0857. The van der Waals surface area contributed by atoms with Gasteiger partial charge in [-0.05, 0) is 51.7 Å². The minimum absolute atomic E-state index is 0.0453. The van der Waals surface area contributed by atoms with Crippen LogP contribution in [0.5, 0.6) is 11.5 Å². The molecule has 1 unspecified atom stereocenters. The quantitative estimate of drug-likeness (QED) is 0.642. The van der Waals surface area contributed by atoms with Crippen LogP contribution in [0.15, 0.2) is 18.2 Å². The summed E-state index contributed by atoms with van der Waals surface area (Å²) in [6, 6.07) is 4.59. The summed E-state index contributed by atoms with van der Waals surface area (Å²) in [6.07, 6.45) is 2.26. The van der Waals surface area contributed by atoms with Gasteiger partial charge in [0.25, 0.3) is 0 Å². The minimum Gasteiger partial charge on any atom is -0.504 e. The van der Waals surface area contributed by atoms with E-state index < -0.39 is 0 Å². The summed E-state index contributed by atoms with van der Waals surface area (Å²) in [7, 11) is 4.06. The molecule has 1 aromatic rings. The Kier molecular flexibility index (Phi) is 4.62. The number of rotatable bonds is 4. The number of Topliss-reactive ketones (excluding diaryl/α,β-unsaturated/α-hetero) is 1. The number of carbonyl (C=O) groups excluding carboxylic acids is 1. The second-order valence-corrected chi connectivity index (χ2v) is 5.60. The second kappa shape index (κ2) is 6.24. The molecule has 1 aromatic carbocycles. The van der Waals surface area contributed by atoms with E-state index in [4.69, 9.17) is 0 Å². The Balaban J connectivity index is 1.97. The minimum atomic E-state index is -0.254. The first-order chi connectivity index (χ1) is 9.47. The molecule has 1 heterocycles. The molecular weight excluding hydrogens is 256 g/mol. The summed E-state index contributed by atoms with van der Waals surface area (Å²) in [5.41, 5.74) is 0.427. The van der Waals surface area contributed by atoms with Crippen LogP contribution in [0.4, 0.5) is 0 Å². The fourth-order valence-corrected chi connectivity index (χ4v) is 2.64. The van der Waals surface area contributed by atoms with Crippen LogP contribution in [-0.2, 0) is 0 Å².